The molecule has 1 amide bonds. The van der Waals surface area contributed by atoms with E-state index in [-0.39, 0.29) is 6.54 Å². The average Bonchev–Trinajstić information content (AvgIpc) is 2.69. The molecular weight excluding hydrogens is 352 g/mol. The van der Waals surface area contributed by atoms with E-state index in [0.717, 1.165) is 4.68 Å². The van der Waals surface area contributed by atoms with Gasteiger partial charge >= 0.3 is 0 Å². The van der Waals surface area contributed by atoms with Crippen LogP contribution in [0.1, 0.15) is 0 Å². The molecule has 0 saturated carbocycles. The Balaban J connectivity index is 1.56. The summed E-state index contributed by atoms with van der Waals surface area (Å²) in [7, 11) is 1.56. The number of fused-ring (bicyclic) bond motifs is 2. The average molecular weight is 368 g/mol. The van der Waals surface area contributed by atoms with E-state index in [2.05, 4.69) is 15.6 Å². The summed E-state index contributed by atoms with van der Waals surface area (Å²) in [5.74, 6) is 1.29. The summed E-state index contributed by atoms with van der Waals surface area (Å²) in [4.78, 5) is 24.9. The topological polar surface area (TPSA) is 105 Å². The normalized spacial score (nSPS) is 12.6. The highest BCUT2D eigenvalue weighted by atomic mass is 16.6. The zero-order valence-corrected chi connectivity index (χ0v) is 14.5. The van der Waals surface area contributed by atoms with Gasteiger partial charge in [-0.3, -0.25) is 9.59 Å². The van der Waals surface area contributed by atoms with Gasteiger partial charge in [-0.1, -0.05) is 5.21 Å². The zero-order valence-electron chi connectivity index (χ0n) is 14.5. The Kier molecular flexibility index (Phi) is 4.33. The van der Waals surface area contributed by atoms with Gasteiger partial charge in [0.15, 0.2) is 11.5 Å². The van der Waals surface area contributed by atoms with Crippen LogP contribution in [0, 0.1) is 0 Å². The summed E-state index contributed by atoms with van der Waals surface area (Å²) < 4.78 is 17.1. The third kappa shape index (κ3) is 3.39. The second kappa shape index (κ2) is 6.94. The van der Waals surface area contributed by atoms with Crippen LogP contribution >= 0.6 is 0 Å². The Bertz CT molecular complexity index is 1060. The first-order valence-corrected chi connectivity index (χ1v) is 8.25. The number of benzene rings is 2. The number of carbonyl (C=O) groups excluding carboxylic acids is 1. The van der Waals surface area contributed by atoms with Gasteiger partial charge in [0.25, 0.3) is 5.56 Å². The van der Waals surface area contributed by atoms with Crippen LogP contribution in [-0.2, 0) is 11.3 Å². The van der Waals surface area contributed by atoms with Crippen LogP contribution < -0.4 is 25.1 Å². The lowest BCUT2D eigenvalue weighted by molar-refractivity contribution is -0.117. The molecule has 4 rings (SSSR count). The highest BCUT2D eigenvalue weighted by Crippen LogP contribution is 2.32. The summed E-state index contributed by atoms with van der Waals surface area (Å²) in [6.07, 6.45) is 0. The van der Waals surface area contributed by atoms with Gasteiger partial charge in [0, 0.05) is 11.8 Å². The van der Waals surface area contributed by atoms with Crippen LogP contribution in [0.5, 0.6) is 17.2 Å². The number of hydrogen-bond donors (Lipinski definition) is 1. The fourth-order valence-electron chi connectivity index (χ4n) is 2.73. The van der Waals surface area contributed by atoms with E-state index >= 15 is 0 Å². The molecule has 0 atom stereocenters. The fourth-order valence-corrected chi connectivity index (χ4v) is 2.73. The lowest BCUT2D eigenvalue weighted by Gasteiger charge is -2.18. The minimum Gasteiger partial charge on any atom is -0.497 e. The van der Waals surface area contributed by atoms with Gasteiger partial charge < -0.3 is 19.5 Å². The molecule has 1 aromatic heterocycles. The first-order chi connectivity index (χ1) is 13.1. The van der Waals surface area contributed by atoms with Crippen LogP contribution in [0.15, 0.2) is 41.2 Å². The van der Waals surface area contributed by atoms with E-state index < -0.39 is 11.5 Å². The summed E-state index contributed by atoms with van der Waals surface area (Å²) in [6, 6.07) is 10.0. The summed E-state index contributed by atoms with van der Waals surface area (Å²) in [5.41, 5.74) is 0.542. The maximum Gasteiger partial charge on any atom is 0.278 e. The van der Waals surface area contributed by atoms with Gasteiger partial charge in [0.05, 0.1) is 12.5 Å². The van der Waals surface area contributed by atoms with Crippen molar-refractivity contribution >= 4 is 22.5 Å². The SMILES string of the molecule is COc1ccc(NC(=O)Cn2nnc3cc4c(cc3c2=O)OCCO4)cc1. The molecule has 2 heterocycles. The molecule has 1 N–H and O–H groups in total. The smallest absolute Gasteiger partial charge is 0.278 e. The number of ether oxygens (including phenoxy) is 3. The quantitative estimate of drug-likeness (QED) is 0.738. The molecule has 138 valence electrons. The van der Waals surface area contributed by atoms with Gasteiger partial charge in [-0.25, -0.2) is 4.68 Å². The van der Waals surface area contributed by atoms with E-state index in [9.17, 15) is 9.59 Å². The van der Waals surface area contributed by atoms with Crippen molar-refractivity contribution in [2.24, 2.45) is 0 Å². The van der Waals surface area contributed by atoms with Gasteiger partial charge in [0.1, 0.15) is 31.0 Å². The highest BCUT2D eigenvalue weighted by molar-refractivity contribution is 5.90. The summed E-state index contributed by atoms with van der Waals surface area (Å²) >= 11 is 0. The third-order valence-electron chi connectivity index (χ3n) is 4.05. The van der Waals surface area contributed by atoms with E-state index in [4.69, 9.17) is 14.2 Å². The van der Waals surface area contributed by atoms with Gasteiger partial charge in [0.2, 0.25) is 5.91 Å². The Morgan fingerprint density at radius 1 is 1.19 bits per heavy atom. The van der Waals surface area contributed by atoms with E-state index in [1.54, 1.807) is 43.5 Å². The minimum absolute atomic E-state index is 0.262. The van der Waals surface area contributed by atoms with Crippen molar-refractivity contribution in [2.45, 2.75) is 6.54 Å². The number of nitrogens with zero attached hydrogens (tertiary/aromatic N) is 3. The molecule has 9 nitrogen and oxygen atoms in total. The maximum absolute atomic E-state index is 12.7. The van der Waals surface area contributed by atoms with Crippen LogP contribution in [-0.4, -0.2) is 41.2 Å². The van der Waals surface area contributed by atoms with Gasteiger partial charge in [-0.15, -0.1) is 5.10 Å². The molecule has 0 aliphatic carbocycles. The van der Waals surface area contributed by atoms with E-state index in [1.807, 2.05) is 0 Å². The van der Waals surface area contributed by atoms with Crippen molar-refractivity contribution in [1.29, 1.82) is 0 Å². The number of carbonyl (C=O) groups is 1. The Morgan fingerprint density at radius 3 is 2.59 bits per heavy atom. The maximum atomic E-state index is 12.7. The van der Waals surface area contributed by atoms with E-state index in [0.29, 0.717) is 47.1 Å². The van der Waals surface area contributed by atoms with Crippen LogP contribution in [0.4, 0.5) is 5.69 Å². The minimum atomic E-state index is -0.429. The van der Waals surface area contributed by atoms with E-state index in [1.165, 1.54) is 0 Å². The Hall–Kier alpha value is -3.62. The largest absolute Gasteiger partial charge is 0.497 e. The van der Waals surface area contributed by atoms with Gasteiger partial charge in [-0.05, 0) is 30.3 Å². The Morgan fingerprint density at radius 2 is 1.89 bits per heavy atom. The number of amides is 1. The van der Waals surface area contributed by atoms with Crippen LogP contribution in [0.2, 0.25) is 0 Å². The van der Waals surface area contributed by atoms with Crippen LogP contribution in [0.3, 0.4) is 0 Å². The summed E-state index contributed by atoms with van der Waals surface area (Å²) in [5, 5.41) is 10.9. The molecule has 0 unspecified atom stereocenters. The monoisotopic (exact) mass is 368 g/mol. The predicted molar refractivity (Wildman–Crippen MR) is 96.4 cm³/mol. The highest BCUT2D eigenvalue weighted by Gasteiger charge is 2.17. The van der Waals surface area contributed by atoms with Crippen molar-refractivity contribution in [3.05, 3.63) is 46.8 Å². The molecule has 3 aromatic rings. The second-order valence-electron chi connectivity index (χ2n) is 5.84. The standard InChI is InChI=1S/C18H16N4O5/c1-25-12-4-2-11(3-5-12)19-17(23)10-22-18(24)13-8-15-16(27-7-6-26-15)9-14(13)20-21-22/h2-5,8-9H,6-7,10H2,1H3,(H,19,23). The zero-order chi connectivity index (χ0) is 18.8. The molecular formula is C18H16N4O5. The van der Waals surface area contributed by atoms with Crippen molar-refractivity contribution in [3.8, 4) is 17.2 Å². The number of nitrogens with one attached hydrogen (secondary N) is 1. The molecule has 0 fully saturated rings. The third-order valence-corrected chi connectivity index (χ3v) is 4.05. The molecule has 27 heavy (non-hydrogen) atoms. The Labute approximate surface area is 153 Å². The van der Waals surface area contributed by atoms with Gasteiger partial charge in [-0.2, -0.15) is 0 Å². The van der Waals surface area contributed by atoms with Crippen molar-refractivity contribution in [1.82, 2.24) is 15.0 Å². The van der Waals surface area contributed by atoms with Crippen molar-refractivity contribution in [3.63, 3.8) is 0 Å². The molecule has 0 saturated heterocycles. The second-order valence-corrected chi connectivity index (χ2v) is 5.84. The number of methoxy groups -OCH3 is 1. The number of rotatable bonds is 4. The molecule has 9 heteroatoms. The molecule has 1 aliphatic heterocycles. The first kappa shape index (κ1) is 16.8. The number of aromatic nitrogens is 3. The molecule has 0 radical (unpaired) electrons. The molecule has 0 bridgehead atoms. The number of hydrogen-bond acceptors (Lipinski definition) is 7. The first-order valence-electron chi connectivity index (χ1n) is 8.25. The lowest BCUT2D eigenvalue weighted by Crippen LogP contribution is -2.30. The fraction of sp³-hybridized carbons (Fsp3) is 0.222. The predicted octanol–water partition coefficient (Wildman–Crippen LogP) is 1.21. The van der Waals surface area contributed by atoms with Crippen molar-refractivity contribution < 1.29 is 19.0 Å². The molecule has 0 spiro atoms. The van der Waals surface area contributed by atoms with Crippen molar-refractivity contribution in [2.75, 3.05) is 25.6 Å². The lowest BCUT2D eigenvalue weighted by atomic mass is 10.2. The summed E-state index contributed by atoms with van der Waals surface area (Å²) in [6.45, 7) is 0.590. The van der Waals surface area contributed by atoms with Crippen LogP contribution in [0.25, 0.3) is 10.9 Å². The number of anilines is 1. The molecule has 2 aromatic carbocycles. The molecule has 1 aliphatic rings.